The SMILES string of the molecule is CN1CCCCC1CCc1cccc(Oc2ccccc2F)c1. The van der Waals surface area contributed by atoms with Crippen LogP contribution in [0.1, 0.15) is 31.2 Å². The zero-order valence-electron chi connectivity index (χ0n) is 13.7. The zero-order chi connectivity index (χ0) is 16.1. The molecule has 0 bridgehead atoms. The molecular weight excluding hydrogens is 289 g/mol. The van der Waals surface area contributed by atoms with Crippen LogP contribution in [0, 0.1) is 5.82 Å². The molecule has 1 aliphatic rings. The number of nitrogens with zero attached hydrogens (tertiary/aromatic N) is 1. The second-order valence-electron chi connectivity index (χ2n) is 6.35. The molecule has 1 atom stereocenters. The fraction of sp³-hybridized carbons (Fsp3) is 0.400. The van der Waals surface area contributed by atoms with E-state index in [4.69, 9.17) is 4.74 Å². The molecule has 3 rings (SSSR count). The van der Waals surface area contributed by atoms with Crippen molar-refractivity contribution in [1.82, 2.24) is 4.90 Å². The van der Waals surface area contributed by atoms with Gasteiger partial charge >= 0.3 is 0 Å². The van der Waals surface area contributed by atoms with Crippen LogP contribution in [0.5, 0.6) is 11.5 Å². The van der Waals surface area contributed by atoms with Crippen molar-refractivity contribution in [1.29, 1.82) is 0 Å². The van der Waals surface area contributed by atoms with Crippen LogP contribution in [0.2, 0.25) is 0 Å². The fourth-order valence-corrected chi connectivity index (χ4v) is 3.26. The summed E-state index contributed by atoms with van der Waals surface area (Å²) in [6, 6.07) is 15.2. The van der Waals surface area contributed by atoms with E-state index in [1.54, 1.807) is 18.2 Å². The predicted molar refractivity (Wildman–Crippen MR) is 91.5 cm³/mol. The summed E-state index contributed by atoms with van der Waals surface area (Å²) in [6.45, 7) is 1.21. The van der Waals surface area contributed by atoms with E-state index in [1.807, 2.05) is 18.2 Å². The Balaban J connectivity index is 1.62. The van der Waals surface area contributed by atoms with Gasteiger partial charge in [-0.3, -0.25) is 0 Å². The van der Waals surface area contributed by atoms with Gasteiger partial charge in [0.25, 0.3) is 0 Å². The summed E-state index contributed by atoms with van der Waals surface area (Å²) < 4.78 is 19.4. The van der Waals surface area contributed by atoms with Crippen molar-refractivity contribution in [2.24, 2.45) is 0 Å². The van der Waals surface area contributed by atoms with Gasteiger partial charge in [-0.15, -0.1) is 0 Å². The summed E-state index contributed by atoms with van der Waals surface area (Å²) in [5.74, 6) is 0.642. The summed E-state index contributed by atoms with van der Waals surface area (Å²) in [4.78, 5) is 2.48. The molecule has 0 amide bonds. The van der Waals surface area contributed by atoms with E-state index < -0.39 is 0 Å². The molecule has 1 unspecified atom stereocenters. The Hall–Kier alpha value is -1.87. The zero-order valence-corrected chi connectivity index (χ0v) is 13.7. The molecule has 0 spiro atoms. The summed E-state index contributed by atoms with van der Waals surface area (Å²) in [6.07, 6.45) is 6.15. The van der Waals surface area contributed by atoms with Crippen LogP contribution in [0.4, 0.5) is 4.39 Å². The monoisotopic (exact) mass is 313 g/mol. The Kier molecular flexibility index (Phi) is 5.29. The third-order valence-corrected chi connectivity index (χ3v) is 4.65. The van der Waals surface area contributed by atoms with Gasteiger partial charge in [-0.1, -0.05) is 30.7 Å². The number of aryl methyl sites for hydroxylation is 1. The van der Waals surface area contributed by atoms with Crippen molar-refractivity contribution in [2.45, 2.75) is 38.1 Å². The number of piperidine rings is 1. The molecule has 0 aromatic heterocycles. The van der Waals surface area contributed by atoms with Crippen LogP contribution in [0.3, 0.4) is 0 Å². The van der Waals surface area contributed by atoms with E-state index in [0.717, 1.165) is 6.42 Å². The molecule has 2 nitrogen and oxygen atoms in total. The van der Waals surface area contributed by atoms with Crippen molar-refractivity contribution in [3.63, 3.8) is 0 Å². The normalized spacial score (nSPS) is 18.8. The lowest BCUT2D eigenvalue weighted by Gasteiger charge is -2.32. The van der Waals surface area contributed by atoms with Gasteiger partial charge < -0.3 is 9.64 Å². The maximum absolute atomic E-state index is 13.7. The third kappa shape index (κ3) is 4.32. The molecule has 122 valence electrons. The number of hydrogen-bond acceptors (Lipinski definition) is 2. The molecule has 2 aromatic rings. The first-order chi connectivity index (χ1) is 11.2. The minimum Gasteiger partial charge on any atom is -0.454 e. The summed E-state index contributed by atoms with van der Waals surface area (Å²) in [5, 5.41) is 0. The Labute approximate surface area is 137 Å². The average molecular weight is 313 g/mol. The van der Waals surface area contributed by atoms with Crippen LogP contribution in [-0.4, -0.2) is 24.5 Å². The van der Waals surface area contributed by atoms with E-state index in [1.165, 1.54) is 43.9 Å². The van der Waals surface area contributed by atoms with E-state index >= 15 is 0 Å². The first kappa shape index (κ1) is 16.0. The third-order valence-electron chi connectivity index (χ3n) is 4.65. The Bertz CT molecular complexity index is 643. The van der Waals surface area contributed by atoms with Crippen molar-refractivity contribution < 1.29 is 9.13 Å². The number of benzene rings is 2. The lowest BCUT2D eigenvalue weighted by atomic mass is 9.96. The molecule has 1 fully saturated rings. The predicted octanol–water partition coefficient (Wildman–Crippen LogP) is 5.03. The molecule has 0 aliphatic carbocycles. The van der Waals surface area contributed by atoms with Crippen LogP contribution < -0.4 is 4.74 Å². The quantitative estimate of drug-likeness (QED) is 0.767. The minimum absolute atomic E-state index is 0.275. The number of rotatable bonds is 5. The number of para-hydroxylation sites is 1. The van der Waals surface area contributed by atoms with Gasteiger partial charge in [-0.2, -0.15) is 0 Å². The highest BCUT2D eigenvalue weighted by Gasteiger charge is 2.18. The van der Waals surface area contributed by atoms with E-state index in [-0.39, 0.29) is 11.6 Å². The molecule has 1 saturated heterocycles. The summed E-state index contributed by atoms with van der Waals surface area (Å²) in [5.41, 5.74) is 1.25. The van der Waals surface area contributed by atoms with E-state index in [0.29, 0.717) is 11.8 Å². The Morgan fingerprint density at radius 2 is 2.00 bits per heavy atom. The van der Waals surface area contributed by atoms with Crippen LogP contribution in [0.25, 0.3) is 0 Å². The van der Waals surface area contributed by atoms with Crippen molar-refractivity contribution >= 4 is 0 Å². The van der Waals surface area contributed by atoms with Gasteiger partial charge in [0.1, 0.15) is 5.75 Å². The number of halogens is 1. The average Bonchev–Trinajstić information content (AvgIpc) is 2.57. The lowest BCUT2D eigenvalue weighted by molar-refractivity contribution is 0.176. The smallest absolute Gasteiger partial charge is 0.165 e. The van der Waals surface area contributed by atoms with Crippen LogP contribution in [0.15, 0.2) is 48.5 Å². The lowest BCUT2D eigenvalue weighted by Crippen LogP contribution is -2.36. The summed E-state index contributed by atoms with van der Waals surface area (Å²) in [7, 11) is 2.22. The van der Waals surface area contributed by atoms with Gasteiger partial charge in [0, 0.05) is 6.04 Å². The Morgan fingerprint density at radius 1 is 1.13 bits per heavy atom. The van der Waals surface area contributed by atoms with Crippen molar-refractivity contribution in [3.05, 3.63) is 59.9 Å². The van der Waals surface area contributed by atoms with E-state index in [2.05, 4.69) is 18.0 Å². The van der Waals surface area contributed by atoms with Crippen molar-refractivity contribution in [3.8, 4) is 11.5 Å². The number of likely N-dealkylation sites (tertiary alicyclic amines) is 1. The second-order valence-corrected chi connectivity index (χ2v) is 6.35. The molecule has 23 heavy (non-hydrogen) atoms. The highest BCUT2D eigenvalue weighted by molar-refractivity contribution is 5.34. The standard InChI is InChI=1S/C20H24FNO/c1-22-14-5-4-8-17(22)13-12-16-7-6-9-18(15-16)23-20-11-3-2-10-19(20)21/h2-3,6-7,9-11,15,17H,4-5,8,12-14H2,1H3. The largest absolute Gasteiger partial charge is 0.454 e. The molecule has 3 heteroatoms. The van der Waals surface area contributed by atoms with Gasteiger partial charge in [-0.25, -0.2) is 4.39 Å². The van der Waals surface area contributed by atoms with Gasteiger partial charge in [0.2, 0.25) is 0 Å². The fourth-order valence-electron chi connectivity index (χ4n) is 3.26. The number of hydrogen-bond donors (Lipinski definition) is 0. The molecule has 0 N–H and O–H groups in total. The van der Waals surface area contributed by atoms with Crippen LogP contribution in [-0.2, 0) is 6.42 Å². The van der Waals surface area contributed by atoms with E-state index in [9.17, 15) is 4.39 Å². The number of ether oxygens (including phenoxy) is 1. The first-order valence-electron chi connectivity index (χ1n) is 8.44. The Morgan fingerprint density at radius 3 is 2.83 bits per heavy atom. The first-order valence-corrected chi connectivity index (χ1v) is 8.44. The molecule has 1 heterocycles. The molecule has 0 radical (unpaired) electrons. The van der Waals surface area contributed by atoms with Gasteiger partial charge in [-0.05, 0) is 69.1 Å². The van der Waals surface area contributed by atoms with Crippen LogP contribution >= 0.6 is 0 Å². The molecule has 1 aliphatic heterocycles. The highest BCUT2D eigenvalue weighted by Crippen LogP contribution is 2.26. The second kappa shape index (κ2) is 7.60. The molecular formula is C20H24FNO. The van der Waals surface area contributed by atoms with Gasteiger partial charge in [0.05, 0.1) is 0 Å². The minimum atomic E-state index is -0.332. The van der Waals surface area contributed by atoms with Gasteiger partial charge in [0.15, 0.2) is 11.6 Å². The highest BCUT2D eigenvalue weighted by atomic mass is 19.1. The summed E-state index contributed by atoms with van der Waals surface area (Å²) >= 11 is 0. The maximum atomic E-state index is 13.7. The molecule has 0 saturated carbocycles. The maximum Gasteiger partial charge on any atom is 0.165 e. The van der Waals surface area contributed by atoms with Crippen molar-refractivity contribution in [2.75, 3.05) is 13.6 Å². The topological polar surface area (TPSA) is 12.5 Å². The molecule has 2 aromatic carbocycles.